The van der Waals surface area contributed by atoms with Crippen LogP contribution >= 0.6 is 11.8 Å². The summed E-state index contributed by atoms with van der Waals surface area (Å²) in [5.74, 6) is 0.711. The number of hydrogen-bond acceptors (Lipinski definition) is 4. The predicted octanol–water partition coefficient (Wildman–Crippen LogP) is 2.76. The van der Waals surface area contributed by atoms with Crippen molar-refractivity contribution in [1.82, 2.24) is 4.98 Å². The van der Waals surface area contributed by atoms with Crippen LogP contribution in [-0.2, 0) is 0 Å². The number of aliphatic hydroxyl groups is 1. The largest absolute Gasteiger partial charge is 0.387 e. The van der Waals surface area contributed by atoms with Crippen molar-refractivity contribution in [2.24, 2.45) is 0 Å². The number of hydrogen-bond donors (Lipinski definition) is 2. The van der Waals surface area contributed by atoms with E-state index >= 15 is 0 Å². The lowest BCUT2D eigenvalue weighted by molar-refractivity contribution is 0.0997. The van der Waals surface area contributed by atoms with E-state index in [4.69, 9.17) is 0 Å². The highest BCUT2D eigenvalue weighted by atomic mass is 32.2. The van der Waals surface area contributed by atoms with Crippen LogP contribution in [0.3, 0.4) is 0 Å². The first kappa shape index (κ1) is 13.2. The minimum atomic E-state index is -0.705. The van der Waals surface area contributed by atoms with Crippen LogP contribution < -0.4 is 5.32 Å². The van der Waals surface area contributed by atoms with Crippen molar-refractivity contribution in [3.63, 3.8) is 0 Å². The molecule has 2 N–H and O–H groups in total. The molecule has 2 rings (SSSR count). The van der Waals surface area contributed by atoms with Gasteiger partial charge < -0.3 is 10.4 Å². The summed E-state index contributed by atoms with van der Waals surface area (Å²) in [6, 6.07) is 9.93. The maximum atomic E-state index is 10.1. The van der Waals surface area contributed by atoms with E-state index in [0.717, 1.165) is 16.6 Å². The van der Waals surface area contributed by atoms with Gasteiger partial charge in [-0.15, -0.1) is 0 Å². The fourth-order valence-electron chi connectivity index (χ4n) is 1.90. The highest BCUT2D eigenvalue weighted by Crippen LogP contribution is 2.22. The summed E-state index contributed by atoms with van der Waals surface area (Å²) in [5.41, 5.74) is 1.28. The van der Waals surface area contributed by atoms with Gasteiger partial charge in [0.05, 0.1) is 11.1 Å². The van der Waals surface area contributed by atoms with Gasteiger partial charge in [0, 0.05) is 29.6 Å². The van der Waals surface area contributed by atoms with Crippen LogP contribution in [0.5, 0.6) is 0 Å². The summed E-state index contributed by atoms with van der Waals surface area (Å²) in [7, 11) is 0. The molecule has 0 amide bonds. The molecular weight excluding hydrogens is 244 g/mol. The van der Waals surface area contributed by atoms with E-state index in [1.165, 1.54) is 0 Å². The molecule has 0 aliphatic carbocycles. The van der Waals surface area contributed by atoms with Gasteiger partial charge in [-0.25, -0.2) is 0 Å². The predicted molar refractivity (Wildman–Crippen MR) is 79.2 cm³/mol. The molecule has 1 aromatic carbocycles. The van der Waals surface area contributed by atoms with E-state index in [1.54, 1.807) is 18.0 Å². The molecule has 0 aliphatic heterocycles. The van der Waals surface area contributed by atoms with E-state index in [0.29, 0.717) is 12.3 Å². The quantitative estimate of drug-likeness (QED) is 0.869. The normalized spacial score (nSPS) is 14.4. The molecule has 2 aromatic rings. The Bertz CT molecular complexity index is 523. The minimum Gasteiger partial charge on any atom is -0.387 e. The fraction of sp³-hybridized carbons (Fsp3) is 0.357. The number of nitrogens with one attached hydrogen (secondary N) is 1. The maximum absolute atomic E-state index is 10.1. The average Bonchev–Trinajstić information content (AvgIpc) is 2.36. The maximum Gasteiger partial charge on any atom is 0.0880 e. The van der Waals surface area contributed by atoms with Gasteiger partial charge in [-0.2, -0.15) is 11.8 Å². The topological polar surface area (TPSA) is 45.1 Å². The molecule has 1 atom stereocenters. The molecule has 1 unspecified atom stereocenters. The number of para-hydroxylation sites is 1. The minimum absolute atomic E-state index is 0.530. The molecule has 1 aromatic heterocycles. The molecule has 0 spiro atoms. The van der Waals surface area contributed by atoms with Gasteiger partial charge in [0.1, 0.15) is 0 Å². The van der Waals surface area contributed by atoms with Crippen LogP contribution in [0.25, 0.3) is 10.9 Å². The van der Waals surface area contributed by atoms with Crippen molar-refractivity contribution in [2.45, 2.75) is 12.5 Å². The second-order valence-corrected chi connectivity index (χ2v) is 5.53. The Morgan fingerprint density at radius 2 is 2.11 bits per heavy atom. The molecule has 0 bridgehead atoms. The van der Waals surface area contributed by atoms with Crippen LogP contribution in [0.15, 0.2) is 36.5 Å². The standard InChI is InChI=1S/C14H18N2OS/c1-14(17,10-18-2)9-16-13-7-8-15-12-6-4-3-5-11(12)13/h3-8,17H,9-10H2,1-2H3,(H,15,16). The van der Waals surface area contributed by atoms with Crippen molar-refractivity contribution in [3.05, 3.63) is 36.5 Å². The molecule has 0 radical (unpaired) electrons. The monoisotopic (exact) mass is 262 g/mol. The van der Waals surface area contributed by atoms with Crippen LogP contribution in [-0.4, -0.2) is 34.2 Å². The van der Waals surface area contributed by atoms with Gasteiger partial charge in [-0.1, -0.05) is 18.2 Å². The molecule has 4 heteroatoms. The molecule has 0 aliphatic rings. The van der Waals surface area contributed by atoms with E-state index in [1.807, 2.05) is 43.5 Å². The molecular formula is C14H18N2OS. The number of pyridine rings is 1. The number of rotatable bonds is 5. The third-order valence-electron chi connectivity index (χ3n) is 2.76. The van der Waals surface area contributed by atoms with Gasteiger partial charge in [0.15, 0.2) is 0 Å². The van der Waals surface area contributed by atoms with Gasteiger partial charge in [0.25, 0.3) is 0 Å². The molecule has 0 saturated heterocycles. The summed E-state index contributed by atoms with van der Waals surface area (Å²) < 4.78 is 0. The molecule has 96 valence electrons. The summed E-state index contributed by atoms with van der Waals surface area (Å²) in [4.78, 5) is 4.32. The summed E-state index contributed by atoms with van der Waals surface area (Å²) in [6.07, 6.45) is 3.78. The SMILES string of the molecule is CSCC(C)(O)CNc1ccnc2ccccc12. The van der Waals surface area contributed by atoms with Gasteiger partial charge >= 0.3 is 0 Å². The Hall–Kier alpha value is -1.26. The Balaban J connectivity index is 2.17. The van der Waals surface area contributed by atoms with Crippen LogP contribution in [0.1, 0.15) is 6.92 Å². The Kier molecular flexibility index (Phi) is 4.09. The number of benzene rings is 1. The zero-order valence-corrected chi connectivity index (χ0v) is 11.5. The molecule has 3 nitrogen and oxygen atoms in total. The lowest BCUT2D eigenvalue weighted by Crippen LogP contribution is -2.36. The van der Waals surface area contributed by atoms with Crippen molar-refractivity contribution in [1.29, 1.82) is 0 Å². The molecule has 18 heavy (non-hydrogen) atoms. The van der Waals surface area contributed by atoms with Crippen LogP contribution in [0, 0.1) is 0 Å². The Morgan fingerprint density at radius 3 is 2.89 bits per heavy atom. The fourth-order valence-corrected chi connectivity index (χ4v) is 2.62. The summed E-state index contributed by atoms with van der Waals surface area (Å²) in [5, 5.41) is 14.5. The number of thioether (sulfide) groups is 1. The second-order valence-electron chi connectivity index (χ2n) is 4.66. The van der Waals surface area contributed by atoms with Crippen molar-refractivity contribution in [3.8, 4) is 0 Å². The lowest BCUT2D eigenvalue weighted by Gasteiger charge is -2.23. The zero-order chi connectivity index (χ0) is 13.0. The molecule has 0 fully saturated rings. The molecule has 0 saturated carbocycles. The smallest absolute Gasteiger partial charge is 0.0880 e. The number of fused-ring (bicyclic) bond motifs is 1. The van der Waals surface area contributed by atoms with Crippen molar-refractivity contribution in [2.75, 3.05) is 23.9 Å². The average molecular weight is 262 g/mol. The van der Waals surface area contributed by atoms with E-state index in [-0.39, 0.29) is 0 Å². The van der Waals surface area contributed by atoms with Gasteiger partial charge in [-0.05, 0) is 25.3 Å². The Labute approximate surface area is 112 Å². The highest BCUT2D eigenvalue weighted by molar-refractivity contribution is 7.98. The van der Waals surface area contributed by atoms with E-state index in [9.17, 15) is 5.11 Å². The highest BCUT2D eigenvalue weighted by Gasteiger charge is 2.19. The number of nitrogens with zero attached hydrogens (tertiary/aromatic N) is 1. The zero-order valence-electron chi connectivity index (χ0n) is 10.7. The first-order valence-electron chi connectivity index (χ1n) is 5.91. The summed E-state index contributed by atoms with van der Waals surface area (Å²) >= 11 is 1.64. The van der Waals surface area contributed by atoms with Gasteiger partial charge in [-0.3, -0.25) is 4.98 Å². The van der Waals surface area contributed by atoms with Crippen LogP contribution in [0.4, 0.5) is 5.69 Å². The molecule has 1 heterocycles. The van der Waals surface area contributed by atoms with Gasteiger partial charge in [0.2, 0.25) is 0 Å². The second kappa shape index (κ2) is 5.59. The van der Waals surface area contributed by atoms with E-state index in [2.05, 4.69) is 10.3 Å². The Morgan fingerprint density at radius 1 is 1.33 bits per heavy atom. The van der Waals surface area contributed by atoms with Crippen molar-refractivity contribution >= 4 is 28.4 Å². The lowest BCUT2D eigenvalue weighted by atomic mass is 10.1. The third-order valence-corrected chi connectivity index (χ3v) is 3.67. The first-order valence-corrected chi connectivity index (χ1v) is 7.31. The van der Waals surface area contributed by atoms with E-state index < -0.39 is 5.60 Å². The number of aromatic nitrogens is 1. The first-order chi connectivity index (χ1) is 8.62. The van der Waals surface area contributed by atoms with Crippen LogP contribution in [0.2, 0.25) is 0 Å². The van der Waals surface area contributed by atoms with Crippen molar-refractivity contribution < 1.29 is 5.11 Å². The third kappa shape index (κ3) is 3.15. The number of anilines is 1. The summed E-state index contributed by atoms with van der Waals surface area (Å²) in [6.45, 7) is 2.38.